The molecule has 11 heteroatoms. The molecule has 3 rings (SSSR count). The van der Waals surface area contributed by atoms with Crippen LogP contribution in [0.3, 0.4) is 0 Å². The van der Waals surface area contributed by atoms with Crippen LogP contribution in [0.5, 0.6) is 0 Å². The van der Waals surface area contributed by atoms with Gasteiger partial charge in [0.15, 0.2) is 0 Å². The van der Waals surface area contributed by atoms with Crippen molar-refractivity contribution in [1.82, 2.24) is 25.2 Å². The summed E-state index contributed by atoms with van der Waals surface area (Å²) < 4.78 is 5.32. The zero-order valence-electron chi connectivity index (χ0n) is 24.5. The predicted octanol–water partition coefficient (Wildman–Crippen LogP) is 4.26. The van der Waals surface area contributed by atoms with Crippen LogP contribution in [0.4, 0.5) is 22.2 Å². The van der Waals surface area contributed by atoms with E-state index in [4.69, 9.17) is 4.74 Å². The fourth-order valence-electron chi connectivity index (χ4n) is 3.68. The third-order valence-corrected chi connectivity index (χ3v) is 6.06. The van der Waals surface area contributed by atoms with Crippen molar-refractivity contribution in [1.29, 1.82) is 0 Å². The lowest BCUT2D eigenvalue weighted by Gasteiger charge is -2.28. The molecule has 2 amide bonds. The number of nitrogens with one attached hydrogen (secondary N) is 3. The molecule has 2 aromatic rings. The molecule has 3 heterocycles. The Morgan fingerprint density at radius 1 is 1.20 bits per heavy atom. The number of aromatic nitrogens is 3. The Balaban J connectivity index is 1.53. The molecule has 1 aliphatic rings. The summed E-state index contributed by atoms with van der Waals surface area (Å²) >= 11 is 0. The monoisotopic (exact) mass is 548 g/mol. The molecule has 0 aliphatic carbocycles. The second kappa shape index (κ2) is 13.7. The zero-order chi connectivity index (χ0) is 29.3. The zero-order valence-corrected chi connectivity index (χ0v) is 24.5. The molecule has 0 saturated carbocycles. The highest BCUT2D eigenvalue weighted by atomic mass is 16.6. The van der Waals surface area contributed by atoms with Gasteiger partial charge in [-0.1, -0.05) is 18.8 Å². The van der Waals surface area contributed by atoms with Crippen molar-refractivity contribution >= 4 is 35.2 Å². The van der Waals surface area contributed by atoms with Crippen LogP contribution in [0.15, 0.2) is 23.5 Å². The maximum Gasteiger partial charge on any atom is 0.410 e. The maximum atomic E-state index is 12.5. The average molecular weight is 549 g/mol. The molecule has 0 aromatic carbocycles. The SMILES string of the molecule is CCCNc1nc(Nc2cnc3c(c2)C(C)=NC3)ncc1C#CCCCNC(=O)[C@H](C)N(C)C(=O)OC(C)(C)C. The van der Waals surface area contributed by atoms with Crippen LogP contribution in [0.1, 0.15) is 77.6 Å². The summed E-state index contributed by atoms with van der Waals surface area (Å²) in [5.41, 5.74) is 3.86. The van der Waals surface area contributed by atoms with Gasteiger partial charge in [0.2, 0.25) is 11.9 Å². The topological polar surface area (TPSA) is 134 Å². The van der Waals surface area contributed by atoms with Crippen LogP contribution >= 0.6 is 0 Å². The number of ether oxygens (including phenoxy) is 1. The Morgan fingerprint density at radius 3 is 2.70 bits per heavy atom. The minimum Gasteiger partial charge on any atom is -0.444 e. The second-order valence-electron chi connectivity index (χ2n) is 10.6. The molecule has 40 heavy (non-hydrogen) atoms. The first-order valence-electron chi connectivity index (χ1n) is 13.6. The van der Waals surface area contributed by atoms with Crippen LogP contribution in [-0.4, -0.2) is 69.3 Å². The van der Waals surface area contributed by atoms with Crippen molar-refractivity contribution in [2.75, 3.05) is 30.8 Å². The Labute approximate surface area is 236 Å². The first-order valence-corrected chi connectivity index (χ1v) is 13.6. The molecule has 3 N–H and O–H groups in total. The first-order chi connectivity index (χ1) is 19.0. The minimum atomic E-state index is -0.651. The van der Waals surface area contributed by atoms with Crippen molar-refractivity contribution in [3.05, 3.63) is 35.3 Å². The average Bonchev–Trinajstić information content (AvgIpc) is 3.28. The van der Waals surface area contributed by atoms with Gasteiger partial charge >= 0.3 is 6.09 Å². The van der Waals surface area contributed by atoms with Crippen molar-refractivity contribution < 1.29 is 14.3 Å². The molecule has 214 valence electrons. The summed E-state index contributed by atoms with van der Waals surface area (Å²) in [5.74, 6) is 7.15. The van der Waals surface area contributed by atoms with E-state index in [0.717, 1.165) is 35.6 Å². The number of nitrogens with zero attached hydrogens (tertiary/aromatic N) is 5. The maximum absolute atomic E-state index is 12.5. The van der Waals surface area contributed by atoms with Crippen molar-refractivity contribution in [2.24, 2.45) is 4.99 Å². The van der Waals surface area contributed by atoms with Gasteiger partial charge < -0.3 is 20.7 Å². The van der Waals surface area contributed by atoms with Crippen LogP contribution in [0.25, 0.3) is 0 Å². The van der Waals surface area contributed by atoms with Crippen LogP contribution in [-0.2, 0) is 16.1 Å². The van der Waals surface area contributed by atoms with Crippen molar-refractivity contribution in [2.45, 2.75) is 79.0 Å². The molecule has 0 saturated heterocycles. The van der Waals surface area contributed by atoms with Crippen molar-refractivity contribution in [3.63, 3.8) is 0 Å². The van der Waals surface area contributed by atoms with E-state index >= 15 is 0 Å². The first kappa shape index (κ1) is 30.3. The lowest BCUT2D eigenvalue weighted by atomic mass is 10.1. The molecular weight excluding hydrogens is 508 g/mol. The van der Waals surface area contributed by atoms with Gasteiger partial charge in [-0.15, -0.1) is 0 Å². The highest BCUT2D eigenvalue weighted by Crippen LogP contribution is 2.23. The van der Waals surface area contributed by atoms with Gasteiger partial charge in [-0.2, -0.15) is 4.98 Å². The number of fused-ring (bicyclic) bond motifs is 1. The second-order valence-corrected chi connectivity index (χ2v) is 10.6. The molecule has 0 bridgehead atoms. The quantitative estimate of drug-likeness (QED) is 0.296. The van der Waals surface area contributed by atoms with E-state index < -0.39 is 17.7 Å². The Kier molecular flexibility index (Phi) is 10.4. The third-order valence-electron chi connectivity index (χ3n) is 6.06. The Bertz CT molecular complexity index is 1310. The van der Waals surface area contributed by atoms with Crippen molar-refractivity contribution in [3.8, 4) is 11.8 Å². The number of aliphatic imine (C=N–C) groups is 1. The molecule has 0 spiro atoms. The number of hydrogen-bond donors (Lipinski definition) is 3. The molecule has 0 unspecified atom stereocenters. The number of hydrogen-bond acceptors (Lipinski definition) is 9. The molecule has 11 nitrogen and oxygen atoms in total. The smallest absolute Gasteiger partial charge is 0.410 e. The molecule has 1 aliphatic heterocycles. The van der Waals surface area contributed by atoms with Crippen LogP contribution < -0.4 is 16.0 Å². The van der Waals surface area contributed by atoms with Crippen LogP contribution in [0.2, 0.25) is 0 Å². The van der Waals surface area contributed by atoms with E-state index in [-0.39, 0.29) is 5.91 Å². The fourth-order valence-corrected chi connectivity index (χ4v) is 3.68. The normalized spacial score (nSPS) is 12.8. The number of carbonyl (C=O) groups excluding carboxylic acids is 2. The Morgan fingerprint density at radius 2 is 1.98 bits per heavy atom. The third kappa shape index (κ3) is 8.66. The summed E-state index contributed by atoms with van der Waals surface area (Å²) in [6.45, 7) is 12.9. The summed E-state index contributed by atoms with van der Waals surface area (Å²) in [5, 5.41) is 9.40. The summed E-state index contributed by atoms with van der Waals surface area (Å²) in [7, 11) is 1.55. The highest BCUT2D eigenvalue weighted by molar-refractivity contribution is 6.02. The summed E-state index contributed by atoms with van der Waals surface area (Å²) in [6.07, 6.45) is 5.10. The number of rotatable bonds is 10. The number of pyridine rings is 1. The highest BCUT2D eigenvalue weighted by Gasteiger charge is 2.26. The molecular formula is C29H40N8O3. The van der Waals surface area contributed by atoms with Gasteiger partial charge in [0.05, 0.1) is 35.9 Å². The van der Waals surface area contributed by atoms with E-state index in [0.29, 0.717) is 43.3 Å². The lowest BCUT2D eigenvalue weighted by molar-refractivity contribution is -0.125. The molecule has 1 atom stereocenters. The van der Waals surface area contributed by atoms with E-state index in [2.05, 4.69) is 54.7 Å². The number of carbonyl (C=O) groups is 2. The van der Waals surface area contributed by atoms with E-state index in [1.54, 1.807) is 47.1 Å². The number of amides is 2. The van der Waals surface area contributed by atoms with Gasteiger partial charge in [0.1, 0.15) is 17.5 Å². The number of anilines is 3. The van der Waals surface area contributed by atoms with Crippen LogP contribution in [0, 0.1) is 11.8 Å². The number of unbranched alkanes of at least 4 members (excludes halogenated alkanes) is 1. The Hall–Kier alpha value is -4.20. The molecule has 0 radical (unpaired) electrons. The summed E-state index contributed by atoms with van der Waals surface area (Å²) in [6, 6.07) is 1.36. The van der Waals surface area contributed by atoms with Gasteiger partial charge in [-0.3, -0.25) is 19.7 Å². The van der Waals surface area contributed by atoms with E-state index in [9.17, 15) is 9.59 Å². The minimum absolute atomic E-state index is 0.245. The van der Waals surface area contributed by atoms with Gasteiger partial charge in [0, 0.05) is 37.8 Å². The predicted molar refractivity (Wildman–Crippen MR) is 157 cm³/mol. The standard InChI is InChI=1S/C29H40N8O3/c1-8-13-30-25-21(16-34-27(36-25)35-22-15-23-19(2)32-18-24(23)33-17-22)12-10-9-11-14-31-26(38)20(3)37(7)28(39)40-29(4,5)6/h15-17,20H,8-9,11,13-14,18H2,1-7H3,(H,31,38)(H2,30,34,35,36)/t20-/m0/s1. The van der Waals surface area contributed by atoms with E-state index in [1.165, 1.54) is 4.90 Å². The molecule has 0 fully saturated rings. The molecule has 2 aromatic heterocycles. The van der Waals surface area contributed by atoms with Gasteiger partial charge in [0.25, 0.3) is 0 Å². The van der Waals surface area contributed by atoms with E-state index in [1.807, 2.05) is 13.0 Å². The number of likely N-dealkylation sites (N-methyl/N-ethyl adjacent to an activating group) is 1. The van der Waals surface area contributed by atoms with Gasteiger partial charge in [-0.05, 0) is 53.5 Å². The van der Waals surface area contributed by atoms with Gasteiger partial charge in [-0.25, -0.2) is 9.78 Å². The fraction of sp³-hybridized carbons (Fsp3) is 0.517. The largest absolute Gasteiger partial charge is 0.444 e. The lowest BCUT2D eigenvalue weighted by Crippen LogP contribution is -2.47. The summed E-state index contributed by atoms with van der Waals surface area (Å²) in [4.78, 5) is 43.9.